The first-order valence-corrected chi connectivity index (χ1v) is 24.5. The molecule has 0 bridgehead atoms. The van der Waals surface area contributed by atoms with Crippen LogP contribution in [0.2, 0.25) is 0 Å². The minimum absolute atomic E-state index is 0.0139. The topological polar surface area (TPSA) is 281 Å². The van der Waals surface area contributed by atoms with Gasteiger partial charge in [0.2, 0.25) is 11.8 Å². The van der Waals surface area contributed by atoms with Crippen molar-refractivity contribution in [3.05, 3.63) is 77.3 Å². The van der Waals surface area contributed by atoms with Gasteiger partial charge in [0.1, 0.15) is 49.2 Å². The van der Waals surface area contributed by atoms with E-state index in [2.05, 4.69) is 36.1 Å². The Kier molecular flexibility index (Phi) is 30.1. The predicted octanol–water partition coefficient (Wildman–Crippen LogP) is 5.81. The molecular formula is C52H78N8O12. The molecule has 72 heavy (non-hydrogen) atoms. The molecule has 0 heterocycles. The molecule has 0 aliphatic rings. The number of nitrogens with zero attached hydrogens (tertiary/aromatic N) is 3. The SMILES string of the molecule is CC(=O)CN(C(=O)[C@H](CC(C)C)NC(=O)[C@H](CC(C)C)NC(=O)OCc1ccccc1)C(=O)[C@H](CC(C)C)NC(=O)[C@H](CC(C)C)NC(=O)OCc1ccccc1.CCCC[C@H](NC(=O)C=[N+]=[N-])C(=O)OC. The summed E-state index contributed by atoms with van der Waals surface area (Å²) in [6, 6.07) is 12.7. The number of Topliss-reactive ketones (excluding diaryl/α,β-unsaturated/α-hetero) is 1. The number of alkyl carbamates (subject to hydrolysis) is 2. The lowest BCUT2D eigenvalue weighted by molar-refractivity contribution is -0.152. The summed E-state index contributed by atoms with van der Waals surface area (Å²) in [7, 11) is 1.26. The second-order valence-corrected chi connectivity index (χ2v) is 19.1. The Morgan fingerprint density at radius 3 is 1.31 bits per heavy atom. The zero-order valence-electron chi connectivity index (χ0n) is 43.9. The average Bonchev–Trinajstić information content (AvgIpc) is 3.32. The van der Waals surface area contributed by atoms with E-state index < -0.39 is 90.2 Å². The highest BCUT2D eigenvalue weighted by molar-refractivity contribution is 6.24. The Morgan fingerprint density at radius 1 is 0.583 bits per heavy atom. The zero-order valence-corrected chi connectivity index (χ0v) is 43.9. The number of benzene rings is 2. The molecule has 0 aromatic heterocycles. The van der Waals surface area contributed by atoms with Crippen LogP contribution in [0.4, 0.5) is 9.59 Å². The second kappa shape index (κ2) is 34.4. The molecular weight excluding hydrogens is 929 g/mol. The first-order chi connectivity index (χ1) is 34.0. The van der Waals surface area contributed by atoms with Gasteiger partial charge in [-0.25, -0.2) is 14.4 Å². The van der Waals surface area contributed by atoms with E-state index in [1.54, 1.807) is 24.3 Å². The monoisotopic (exact) mass is 1010 g/mol. The molecule has 398 valence electrons. The number of ether oxygens (including phenoxy) is 3. The van der Waals surface area contributed by atoms with Gasteiger partial charge >= 0.3 is 30.3 Å². The summed E-state index contributed by atoms with van der Waals surface area (Å²) in [5, 5.41) is 13.1. The van der Waals surface area contributed by atoms with Crippen LogP contribution in [0.5, 0.6) is 0 Å². The van der Waals surface area contributed by atoms with Crippen molar-refractivity contribution in [1.29, 1.82) is 0 Å². The summed E-state index contributed by atoms with van der Waals surface area (Å²) < 4.78 is 15.2. The van der Waals surface area contributed by atoms with Crippen molar-refractivity contribution in [2.24, 2.45) is 23.7 Å². The van der Waals surface area contributed by atoms with Crippen LogP contribution in [0, 0.1) is 23.7 Å². The standard InChI is InChI=1S/C43H63N5O9.C9H15N3O3/c1-27(2)20-34(46-42(54)56-25-32-16-12-10-13-17-32)38(50)44-36(22-29(5)6)40(52)48(24-31(9)49)41(53)37(23-30(7)8)45-39(51)35(21-28(3)4)47-43(55)57-26-33-18-14-11-15-19-33;1-3-4-5-7(9(14)15-2)12-8(13)6-11-10/h10-19,27-30,34-37H,20-26H2,1-9H3,(H,44,50)(H,45,51)(H,46,54)(H,47,55);6-7H,3-5H2,1-2H3,(H,12,13)/t34-,35-,36-,37-;7-/m00/s1. The van der Waals surface area contributed by atoms with Gasteiger partial charge in [-0.2, -0.15) is 4.79 Å². The third-order valence-corrected chi connectivity index (χ3v) is 10.4. The van der Waals surface area contributed by atoms with Crippen LogP contribution >= 0.6 is 0 Å². The van der Waals surface area contributed by atoms with Gasteiger partial charge in [0.05, 0.1) is 13.7 Å². The van der Waals surface area contributed by atoms with Crippen molar-refractivity contribution in [1.82, 2.24) is 31.5 Å². The van der Waals surface area contributed by atoms with E-state index in [9.17, 15) is 43.2 Å². The Bertz CT molecular complexity index is 1980. The number of hydrogen-bond acceptors (Lipinski definition) is 12. The maximum absolute atomic E-state index is 14.3. The zero-order chi connectivity index (χ0) is 54.3. The van der Waals surface area contributed by atoms with Crippen LogP contribution in [0.1, 0.15) is 125 Å². The molecule has 2 aromatic rings. The minimum atomic E-state index is -1.26. The minimum Gasteiger partial charge on any atom is -0.467 e. The molecule has 0 fully saturated rings. The number of carbonyl (C=O) groups is 9. The predicted molar refractivity (Wildman–Crippen MR) is 269 cm³/mol. The highest BCUT2D eigenvalue weighted by Crippen LogP contribution is 2.16. The molecule has 0 radical (unpaired) electrons. The number of methoxy groups -OCH3 is 1. The summed E-state index contributed by atoms with van der Waals surface area (Å²) in [6.45, 7) is 17.4. The van der Waals surface area contributed by atoms with E-state index in [1.807, 2.05) is 98.7 Å². The van der Waals surface area contributed by atoms with Crippen LogP contribution in [0.25, 0.3) is 5.53 Å². The number of nitrogens with one attached hydrogen (secondary N) is 5. The maximum atomic E-state index is 14.3. The van der Waals surface area contributed by atoms with Gasteiger partial charge in [0.25, 0.3) is 11.8 Å². The molecule has 7 amide bonds. The molecule has 2 aromatic carbocycles. The van der Waals surface area contributed by atoms with Gasteiger partial charge in [0, 0.05) is 0 Å². The van der Waals surface area contributed by atoms with Crippen molar-refractivity contribution in [3.8, 4) is 0 Å². The fourth-order valence-electron chi connectivity index (χ4n) is 7.07. The first-order valence-electron chi connectivity index (χ1n) is 24.5. The number of amides is 7. The summed E-state index contributed by atoms with van der Waals surface area (Å²) in [6.07, 6.45) is 1.93. The fourth-order valence-corrected chi connectivity index (χ4v) is 7.07. The molecule has 5 atom stereocenters. The molecule has 2 rings (SSSR count). The normalized spacial score (nSPS) is 12.8. The van der Waals surface area contributed by atoms with Crippen molar-refractivity contribution >= 4 is 59.7 Å². The fraction of sp³-hybridized carbons (Fsp3) is 0.577. The third-order valence-electron chi connectivity index (χ3n) is 10.4. The van der Waals surface area contributed by atoms with Crippen molar-refractivity contribution < 1.29 is 62.2 Å². The summed E-state index contributed by atoms with van der Waals surface area (Å²) in [5.74, 6) is -4.97. The molecule has 0 saturated carbocycles. The number of esters is 1. The Labute approximate surface area is 424 Å². The number of rotatable bonds is 28. The van der Waals surface area contributed by atoms with Crippen molar-refractivity contribution in [2.45, 2.75) is 158 Å². The second-order valence-electron chi connectivity index (χ2n) is 19.1. The van der Waals surface area contributed by atoms with Crippen LogP contribution in [-0.4, -0.2) is 113 Å². The van der Waals surface area contributed by atoms with Crippen molar-refractivity contribution in [3.63, 3.8) is 0 Å². The quantitative estimate of drug-likeness (QED) is 0.0222. The van der Waals surface area contributed by atoms with E-state index in [0.29, 0.717) is 12.6 Å². The van der Waals surface area contributed by atoms with E-state index in [4.69, 9.17) is 15.0 Å². The number of ketones is 1. The first kappa shape index (κ1) is 63.1. The lowest BCUT2D eigenvalue weighted by Gasteiger charge is -2.32. The molecule has 0 aliphatic heterocycles. The largest absolute Gasteiger partial charge is 0.467 e. The Morgan fingerprint density at radius 2 is 0.972 bits per heavy atom. The van der Waals surface area contributed by atoms with Gasteiger partial charge in [0.15, 0.2) is 0 Å². The average molecular weight is 1010 g/mol. The van der Waals surface area contributed by atoms with E-state index in [1.165, 1.54) is 14.0 Å². The lowest BCUT2D eigenvalue weighted by atomic mass is 9.98. The maximum Gasteiger partial charge on any atom is 0.408 e. The molecule has 0 unspecified atom stereocenters. The van der Waals surface area contributed by atoms with E-state index in [-0.39, 0.29) is 62.6 Å². The molecule has 20 heteroatoms. The number of imide groups is 1. The molecule has 0 spiro atoms. The van der Waals surface area contributed by atoms with Crippen molar-refractivity contribution in [2.75, 3.05) is 13.7 Å². The molecule has 20 nitrogen and oxygen atoms in total. The van der Waals surface area contributed by atoms with Gasteiger partial charge in [-0.3, -0.25) is 33.7 Å². The van der Waals surface area contributed by atoms with Gasteiger partial charge in [-0.15, -0.1) is 0 Å². The molecule has 5 N–H and O–H groups in total. The van der Waals surface area contributed by atoms with Crippen LogP contribution in [0.15, 0.2) is 60.7 Å². The summed E-state index contributed by atoms with van der Waals surface area (Å²) in [5.41, 5.74) is 9.63. The molecule has 0 saturated heterocycles. The lowest BCUT2D eigenvalue weighted by Crippen LogP contribution is -2.60. The summed E-state index contributed by atoms with van der Waals surface area (Å²) >= 11 is 0. The van der Waals surface area contributed by atoms with Crippen LogP contribution in [0.3, 0.4) is 0 Å². The number of hydrogen-bond donors (Lipinski definition) is 5. The Balaban J connectivity index is 0.00000148. The highest BCUT2D eigenvalue weighted by atomic mass is 16.6. The summed E-state index contributed by atoms with van der Waals surface area (Å²) in [4.78, 5) is 120. The van der Waals surface area contributed by atoms with E-state index >= 15 is 0 Å². The number of carbonyl (C=O) groups excluding carboxylic acids is 9. The van der Waals surface area contributed by atoms with Gasteiger partial charge in [-0.05, 0) is 73.8 Å². The van der Waals surface area contributed by atoms with Crippen LogP contribution < -0.4 is 26.6 Å². The van der Waals surface area contributed by atoms with Gasteiger partial charge in [-0.1, -0.05) is 136 Å². The smallest absolute Gasteiger partial charge is 0.408 e. The third kappa shape index (κ3) is 26.3. The number of unbranched alkanes of at least 4 members (excludes halogenated alkanes) is 1. The molecule has 0 aliphatic carbocycles. The van der Waals surface area contributed by atoms with Gasteiger partial charge < -0.3 is 46.3 Å². The van der Waals surface area contributed by atoms with Crippen LogP contribution in [-0.2, 0) is 61.0 Å². The Hall–Kier alpha value is -6.95. The highest BCUT2D eigenvalue weighted by Gasteiger charge is 2.38. The van der Waals surface area contributed by atoms with E-state index in [0.717, 1.165) is 28.9 Å².